The van der Waals surface area contributed by atoms with Gasteiger partial charge in [0.25, 0.3) is 0 Å². The highest BCUT2D eigenvalue weighted by Crippen LogP contribution is 2.35. The summed E-state index contributed by atoms with van der Waals surface area (Å²) in [5.74, 6) is 1.39. The Hall–Kier alpha value is -1.18. The number of rotatable bonds is 2. The molecular formula is C12H16O2. The highest BCUT2D eigenvalue weighted by atomic mass is 16.5. The average molecular weight is 192 g/mol. The molecule has 1 aliphatic carbocycles. The zero-order chi connectivity index (χ0) is 9.97. The quantitative estimate of drug-likeness (QED) is 0.780. The van der Waals surface area contributed by atoms with Gasteiger partial charge in [-0.25, -0.2) is 0 Å². The highest BCUT2D eigenvalue weighted by molar-refractivity contribution is 5.49. The zero-order valence-electron chi connectivity index (χ0n) is 8.55. The van der Waals surface area contributed by atoms with Crippen molar-refractivity contribution in [1.82, 2.24) is 0 Å². The van der Waals surface area contributed by atoms with Crippen molar-refractivity contribution in [3.63, 3.8) is 0 Å². The largest absolute Gasteiger partial charge is 0.508 e. The Balaban J connectivity index is 2.42. The van der Waals surface area contributed by atoms with E-state index in [1.807, 2.05) is 13.0 Å². The SMILES string of the molecule is CCOc1ccc(O)c2c1CCCC2. The summed E-state index contributed by atoms with van der Waals surface area (Å²) in [5, 5.41) is 9.69. The Morgan fingerprint density at radius 3 is 2.64 bits per heavy atom. The van der Waals surface area contributed by atoms with Crippen LogP contribution in [0.25, 0.3) is 0 Å². The highest BCUT2D eigenvalue weighted by Gasteiger charge is 2.17. The molecule has 1 aromatic carbocycles. The van der Waals surface area contributed by atoms with E-state index in [4.69, 9.17) is 4.74 Å². The van der Waals surface area contributed by atoms with E-state index >= 15 is 0 Å². The van der Waals surface area contributed by atoms with Gasteiger partial charge in [-0.2, -0.15) is 0 Å². The molecule has 0 aliphatic heterocycles. The molecule has 2 rings (SSSR count). The van der Waals surface area contributed by atoms with E-state index in [2.05, 4.69) is 0 Å². The lowest BCUT2D eigenvalue weighted by molar-refractivity contribution is 0.333. The van der Waals surface area contributed by atoms with Crippen LogP contribution in [-0.4, -0.2) is 11.7 Å². The molecular weight excluding hydrogens is 176 g/mol. The molecule has 0 atom stereocenters. The lowest BCUT2D eigenvalue weighted by Crippen LogP contribution is -2.06. The second-order valence-electron chi connectivity index (χ2n) is 3.68. The molecule has 0 saturated heterocycles. The number of phenolic OH excluding ortho intramolecular Hbond substituents is 1. The normalized spacial score (nSPS) is 14.9. The molecule has 2 nitrogen and oxygen atoms in total. The molecule has 0 fully saturated rings. The van der Waals surface area contributed by atoms with Crippen LogP contribution in [0.3, 0.4) is 0 Å². The first-order valence-electron chi connectivity index (χ1n) is 5.29. The van der Waals surface area contributed by atoms with E-state index in [1.165, 1.54) is 18.4 Å². The number of aromatic hydroxyl groups is 1. The van der Waals surface area contributed by atoms with Crippen molar-refractivity contribution in [2.45, 2.75) is 32.6 Å². The number of phenols is 1. The average Bonchev–Trinajstić information content (AvgIpc) is 2.23. The van der Waals surface area contributed by atoms with Crippen molar-refractivity contribution in [3.05, 3.63) is 23.3 Å². The van der Waals surface area contributed by atoms with Gasteiger partial charge in [0.1, 0.15) is 11.5 Å². The smallest absolute Gasteiger partial charge is 0.123 e. The van der Waals surface area contributed by atoms with Gasteiger partial charge in [-0.05, 0) is 44.7 Å². The summed E-state index contributed by atoms with van der Waals surface area (Å²) in [6.45, 7) is 2.68. The summed E-state index contributed by atoms with van der Waals surface area (Å²) < 4.78 is 5.55. The maximum absolute atomic E-state index is 9.69. The second kappa shape index (κ2) is 3.91. The van der Waals surface area contributed by atoms with Crippen molar-refractivity contribution in [3.8, 4) is 11.5 Å². The van der Waals surface area contributed by atoms with Crippen LogP contribution in [0.1, 0.15) is 30.9 Å². The monoisotopic (exact) mass is 192 g/mol. The molecule has 1 aliphatic rings. The lowest BCUT2D eigenvalue weighted by Gasteiger charge is -2.20. The summed E-state index contributed by atoms with van der Waals surface area (Å²) in [6, 6.07) is 3.62. The molecule has 0 radical (unpaired) electrons. The summed E-state index contributed by atoms with van der Waals surface area (Å²) in [4.78, 5) is 0. The molecule has 0 spiro atoms. The molecule has 0 unspecified atom stereocenters. The fourth-order valence-electron chi connectivity index (χ4n) is 2.11. The van der Waals surface area contributed by atoms with Crippen LogP contribution in [-0.2, 0) is 12.8 Å². The third-order valence-electron chi connectivity index (χ3n) is 2.77. The van der Waals surface area contributed by atoms with E-state index in [0.29, 0.717) is 12.4 Å². The predicted molar refractivity (Wildman–Crippen MR) is 55.9 cm³/mol. The van der Waals surface area contributed by atoms with Crippen LogP contribution in [0.5, 0.6) is 11.5 Å². The molecule has 1 aromatic rings. The molecule has 0 bridgehead atoms. The number of hydrogen-bond acceptors (Lipinski definition) is 2. The molecule has 14 heavy (non-hydrogen) atoms. The number of ether oxygens (including phenoxy) is 1. The van der Waals surface area contributed by atoms with E-state index in [0.717, 1.165) is 24.2 Å². The Labute approximate surface area is 84.5 Å². The maximum Gasteiger partial charge on any atom is 0.123 e. The van der Waals surface area contributed by atoms with Crippen molar-refractivity contribution in [2.75, 3.05) is 6.61 Å². The summed E-state index contributed by atoms with van der Waals surface area (Å²) in [6.07, 6.45) is 4.41. The predicted octanol–water partition coefficient (Wildman–Crippen LogP) is 2.67. The van der Waals surface area contributed by atoms with E-state index < -0.39 is 0 Å². The molecule has 0 aromatic heterocycles. The van der Waals surface area contributed by atoms with Crippen LogP contribution in [0.15, 0.2) is 12.1 Å². The van der Waals surface area contributed by atoms with Gasteiger partial charge >= 0.3 is 0 Å². The first kappa shape index (κ1) is 9.38. The molecule has 76 valence electrons. The number of hydrogen-bond donors (Lipinski definition) is 1. The standard InChI is InChI=1S/C12H16O2/c1-2-14-12-8-7-11(13)9-5-3-4-6-10(9)12/h7-8,13H,2-6H2,1H3. The van der Waals surface area contributed by atoms with Gasteiger partial charge < -0.3 is 9.84 Å². The number of benzene rings is 1. The van der Waals surface area contributed by atoms with Crippen LogP contribution in [0.2, 0.25) is 0 Å². The summed E-state index contributed by atoms with van der Waals surface area (Å²) in [7, 11) is 0. The van der Waals surface area contributed by atoms with Gasteiger partial charge in [0.05, 0.1) is 6.61 Å². The van der Waals surface area contributed by atoms with Crippen LogP contribution >= 0.6 is 0 Å². The Morgan fingerprint density at radius 2 is 1.93 bits per heavy atom. The van der Waals surface area contributed by atoms with Crippen LogP contribution in [0.4, 0.5) is 0 Å². The van der Waals surface area contributed by atoms with Crippen molar-refractivity contribution in [1.29, 1.82) is 0 Å². The van der Waals surface area contributed by atoms with Crippen LogP contribution < -0.4 is 4.74 Å². The minimum absolute atomic E-state index is 0.433. The Bertz CT molecular complexity index is 331. The fourth-order valence-corrected chi connectivity index (χ4v) is 2.11. The molecule has 0 heterocycles. The first-order valence-corrected chi connectivity index (χ1v) is 5.29. The maximum atomic E-state index is 9.69. The van der Waals surface area contributed by atoms with Crippen molar-refractivity contribution in [2.24, 2.45) is 0 Å². The number of fused-ring (bicyclic) bond motifs is 1. The van der Waals surface area contributed by atoms with E-state index in [9.17, 15) is 5.11 Å². The lowest BCUT2D eigenvalue weighted by atomic mass is 9.90. The molecule has 0 saturated carbocycles. The third kappa shape index (κ3) is 1.57. The fraction of sp³-hybridized carbons (Fsp3) is 0.500. The van der Waals surface area contributed by atoms with Gasteiger partial charge in [-0.1, -0.05) is 0 Å². The van der Waals surface area contributed by atoms with Gasteiger partial charge in [0, 0.05) is 11.1 Å². The second-order valence-corrected chi connectivity index (χ2v) is 3.68. The van der Waals surface area contributed by atoms with Gasteiger partial charge in [-0.15, -0.1) is 0 Å². The van der Waals surface area contributed by atoms with Gasteiger partial charge in [0.2, 0.25) is 0 Å². The molecule has 0 amide bonds. The minimum Gasteiger partial charge on any atom is -0.508 e. The molecule has 1 N–H and O–H groups in total. The van der Waals surface area contributed by atoms with E-state index in [1.54, 1.807) is 6.07 Å². The van der Waals surface area contributed by atoms with Crippen molar-refractivity contribution < 1.29 is 9.84 Å². The third-order valence-corrected chi connectivity index (χ3v) is 2.77. The van der Waals surface area contributed by atoms with Gasteiger partial charge in [0.15, 0.2) is 0 Å². The summed E-state index contributed by atoms with van der Waals surface area (Å²) in [5.41, 5.74) is 2.32. The molecule has 2 heteroatoms. The zero-order valence-corrected chi connectivity index (χ0v) is 8.55. The van der Waals surface area contributed by atoms with E-state index in [-0.39, 0.29) is 0 Å². The van der Waals surface area contributed by atoms with Crippen LogP contribution in [0, 0.1) is 0 Å². The minimum atomic E-state index is 0.433. The topological polar surface area (TPSA) is 29.5 Å². The Kier molecular flexibility index (Phi) is 2.62. The van der Waals surface area contributed by atoms with Gasteiger partial charge in [-0.3, -0.25) is 0 Å². The van der Waals surface area contributed by atoms with Crippen molar-refractivity contribution >= 4 is 0 Å². The Morgan fingerprint density at radius 1 is 1.21 bits per heavy atom. The first-order chi connectivity index (χ1) is 6.83. The summed E-state index contributed by atoms with van der Waals surface area (Å²) >= 11 is 0.